The standard InChI is InChI=1S/C7H12O/c1-7(2,3)6-4-5-8-6/h4-6H,1-3H3. The number of hydrogen-bond acceptors (Lipinski definition) is 1. The van der Waals surface area contributed by atoms with Gasteiger partial charge in [0, 0.05) is 5.41 Å². The van der Waals surface area contributed by atoms with Crippen LogP contribution in [0.25, 0.3) is 0 Å². The highest BCUT2D eigenvalue weighted by Crippen LogP contribution is 2.27. The van der Waals surface area contributed by atoms with E-state index in [9.17, 15) is 0 Å². The normalized spacial score (nSPS) is 26.6. The Morgan fingerprint density at radius 2 is 1.88 bits per heavy atom. The molecule has 1 aliphatic rings. The van der Waals surface area contributed by atoms with E-state index in [1.54, 1.807) is 6.26 Å². The van der Waals surface area contributed by atoms with Crippen LogP contribution in [0.15, 0.2) is 12.3 Å². The van der Waals surface area contributed by atoms with Crippen molar-refractivity contribution in [2.24, 2.45) is 5.41 Å². The summed E-state index contributed by atoms with van der Waals surface area (Å²) >= 11 is 0. The van der Waals surface area contributed by atoms with Gasteiger partial charge >= 0.3 is 0 Å². The average molecular weight is 112 g/mol. The molecule has 8 heavy (non-hydrogen) atoms. The maximum Gasteiger partial charge on any atom is 0.124 e. The van der Waals surface area contributed by atoms with Gasteiger partial charge < -0.3 is 4.74 Å². The molecule has 0 radical (unpaired) electrons. The van der Waals surface area contributed by atoms with E-state index < -0.39 is 0 Å². The predicted octanol–water partition coefficient (Wildman–Crippen LogP) is 1.95. The molecule has 0 amide bonds. The van der Waals surface area contributed by atoms with Gasteiger partial charge in [-0.15, -0.1) is 0 Å². The Morgan fingerprint density at radius 3 is 1.88 bits per heavy atom. The van der Waals surface area contributed by atoms with Crippen LogP contribution in [0.3, 0.4) is 0 Å². The Hall–Kier alpha value is -0.460. The molecule has 1 heteroatoms. The van der Waals surface area contributed by atoms with Crippen molar-refractivity contribution in [1.29, 1.82) is 0 Å². The van der Waals surface area contributed by atoms with Crippen LogP contribution in [0.5, 0.6) is 0 Å². The molecule has 1 unspecified atom stereocenters. The molecule has 0 saturated carbocycles. The monoisotopic (exact) mass is 112 g/mol. The second kappa shape index (κ2) is 1.51. The molecule has 1 rings (SSSR count). The van der Waals surface area contributed by atoms with Crippen molar-refractivity contribution in [2.75, 3.05) is 0 Å². The number of hydrogen-bond donors (Lipinski definition) is 0. The van der Waals surface area contributed by atoms with Gasteiger partial charge in [-0.1, -0.05) is 20.8 Å². The largest absolute Gasteiger partial charge is 0.493 e. The van der Waals surface area contributed by atoms with Gasteiger partial charge in [-0.05, 0) is 6.08 Å². The van der Waals surface area contributed by atoms with E-state index in [1.807, 2.05) is 0 Å². The molecule has 0 saturated heterocycles. The predicted molar refractivity (Wildman–Crippen MR) is 33.5 cm³/mol. The highest BCUT2D eigenvalue weighted by Gasteiger charge is 2.26. The van der Waals surface area contributed by atoms with Crippen molar-refractivity contribution < 1.29 is 4.74 Å². The van der Waals surface area contributed by atoms with Crippen LogP contribution in [-0.2, 0) is 4.74 Å². The van der Waals surface area contributed by atoms with Crippen LogP contribution < -0.4 is 0 Å². The van der Waals surface area contributed by atoms with Gasteiger partial charge in [-0.3, -0.25) is 0 Å². The summed E-state index contributed by atoms with van der Waals surface area (Å²) in [7, 11) is 0. The molecule has 0 bridgehead atoms. The van der Waals surface area contributed by atoms with Crippen LogP contribution >= 0.6 is 0 Å². The zero-order valence-corrected chi connectivity index (χ0v) is 5.64. The van der Waals surface area contributed by atoms with Crippen LogP contribution in [0, 0.1) is 5.41 Å². The maximum atomic E-state index is 5.11. The Morgan fingerprint density at radius 1 is 1.38 bits per heavy atom. The Kier molecular flexibility index (Phi) is 1.07. The lowest BCUT2D eigenvalue weighted by Gasteiger charge is -2.31. The summed E-state index contributed by atoms with van der Waals surface area (Å²) in [5.41, 5.74) is 0.286. The van der Waals surface area contributed by atoms with Crippen molar-refractivity contribution in [1.82, 2.24) is 0 Å². The highest BCUT2D eigenvalue weighted by atomic mass is 16.5. The maximum absolute atomic E-state index is 5.11. The van der Waals surface area contributed by atoms with Gasteiger partial charge in [0.1, 0.15) is 6.10 Å². The topological polar surface area (TPSA) is 9.23 Å². The van der Waals surface area contributed by atoms with Crippen molar-refractivity contribution in [3.05, 3.63) is 12.3 Å². The van der Waals surface area contributed by atoms with Gasteiger partial charge in [0.25, 0.3) is 0 Å². The molecule has 1 nitrogen and oxygen atoms in total. The van der Waals surface area contributed by atoms with Gasteiger partial charge in [0.2, 0.25) is 0 Å². The van der Waals surface area contributed by atoms with E-state index in [0.717, 1.165) is 0 Å². The van der Waals surface area contributed by atoms with E-state index in [2.05, 4.69) is 26.8 Å². The van der Waals surface area contributed by atoms with Crippen LogP contribution in [0.1, 0.15) is 20.8 Å². The SMILES string of the molecule is CC(C)(C)C1C=CO1. The van der Waals surface area contributed by atoms with Crippen molar-refractivity contribution in [3.8, 4) is 0 Å². The summed E-state index contributed by atoms with van der Waals surface area (Å²) in [6, 6.07) is 0. The summed E-state index contributed by atoms with van der Waals surface area (Å²) in [5, 5.41) is 0. The molecule has 1 atom stereocenters. The Balaban J connectivity index is 2.48. The van der Waals surface area contributed by atoms with Crippen molar-refractivity contribution in [3.63, 3.8) is 0 Å². The zero-order valence-electron chi connectivity index (χ0n) is 5.64. The van der Waals surface area contributed by atoms with Gasteiger partial charge in [-0.2, -0.15) is 0 Å². The molecule has 0 spiro atoms. The Bertz CT molecular complexity index is 108. The van der Waals surface area contributed by atoms with Crippen molar-refractivity contribution >= 4 is 0 Å². The molecule has 0 fully saturated rings. The quantitative estimate of drug-likeness (QED) is 0.465. The van der Waals surface area contributed by atoms with E-state index in [4.69, 9.17) is 4.74 Å². The minimum atomic E-state index is 0.286. The second-order valence-electron chi connectivity index (χ2n) is 3.25. The Labute approximate surface area is 50.3 Å². The first kappa shape index (κ1) is 5.67. The van der Waals surface area contributed by atoms with Crippen LogP contribution in [0.2, 0.25) is 0 Å². The van der Waals surface area contributed by atoms with Crippen LogP contribution in [-0.4, -0.2) is 6.10 Å². The molecule has 0 aromatic rings. The van der Waals surface area contributed by atoms with Gasteiger partial charge in [0.05, 0.1) is 6.26 Å². The zero-order chi connectivity index (χ0) is 6.20. The first-order valence-corrected chi connectivity index (χ1v) is 2.93. The molecule has 0 N–H and O–H groups in total. The van der Waals surface area contributed by atoms with E-state index in [-0.39, 0.29) is 5.41 Å². The second-order valence-corrected chi connectivity index (χ2v) is 3.25. The summed E-state index contributed by atoms with van der Waals surface area (Å²) in [5.74, 6) is 0. The molecule has 1 aliphatic heterocycles. The molecule has 46 valence electrons. The average Bonchev–Trinajstić information content (AvgIpc) is 1.16. The lowest BCUT2D eigenvalue weighted by atomic mass is 9.88. The van der Waals surface area contributed by atoms with E-state index in [1.165, 1.54) is 0 Å². The molecule has 0 aliphatic carbocycles. The third-order valence-electron chi connectivity index (χ3n) is 1.33. The minimum absolute atomic E-state index is 0.286. The lowest BCUT2D eigenvalue weighted by molar-refractivity contribution is 0.0470. The summed E-state index contributed by atoms with van der Waals surface area (Å²) in [6.07, 6.45) is 4.18. The molecular weight excluding hydrogens is 100 g/mol. The number of rotatable bonds is 0. The van der Waals surface area contributed by atoms with Crippen molar-refractivity contribution in [2.45, 2.75) is 26.9 Å². The fourth-order valence-corrected chi connectivity index (χ4v) is 0.650. The first-order chi connectivity index (χ1) is 3.61. The summed E-state index contributed by atoms with van der Waals surface area (Å²) < 4.78 is 5.11. The summed E-state index contributed by atoms with van der Waals surface area (Å²) in [4.78, 5) is 0. The van der Waals surface area contributed by atoms with E-state index in [0.29, 0.717) is 6.10 Å². The lowest BCUT2D eigenvalue weighted by Crippen LogP contribution is -2.30. The molecule has 0 aromatic heterocycles. The minimum Gasteiger partial charge on any atom is -0.493 e. The summed E-state index contributed by atoms with van der Waals surface area (Å²) in [6.45, 7) is 6.50. The third kappa shape index (κ3) is 0.857. The van der Waals surface area contributed by atoms with Gasteiger partial charge in [0.15, 0.2) is 0 Å². The molecule has 1 heterocycles. The van der Waals surface area contributed by atoms with Crippen LogP contribution in [0.4, 0.5) is 0 Å². The number of ether oxygens (including phenoxy) is 1. The molecular formula is C7H12O. The fraction of sp³-hybridized carbons (Fsp3) is 0.714. The first-order valence-electron chi connectivity index (χ1n) is 2.93. The van der Waals surface area contributed by atoms with Gasteiger partial charge in [-0.25, -0.2) is 0 Å². The smallest absolute Gasteiger partial charge is 0.124 e. The molecule has 0 aromatic carbocycles. The fourth-order valence-electron chi connectivity index (χ4n) is 0.650. The third-order valence-corrected chi connectivity index (χ3v) is 1.33. The highest BCUT2D eigenvalue weighted by molar-refractivity contribution is 5.00. The van der Waals surface area contributed by atoms with E-state index >= 15 is 0 Å².